The summed E-state index contributed by atoms with van der Waals surface area (Å²) in [5.41, 5.74) is 0. The SMILES string of the molecule is CC/C=C\C/C=C\C/C=C\C/C=C\C/C=C\C/C=C\CCCCCCCCC(=O)OCC(O)COP(=O)(O)OCC(O)COP(=O)(O)OCC(COC(=O)CCCCCCCC/C=C\C/C=C\C/C=C\C/C=C\CC)OC(=O)CCCCCCCC/C=C\C/C=C\C/C=C\CCCCC. The molecule has 0 saturated carbocycles. The number of hydrogen-bond donors (Lipinski definition) is 4. The van der Waals surface area contributed by atoms with Crippen LogP contribution in [0.1, 0.15) is 278 Å². The number of ether oxygens (including phenoxy) is 3. The number of unbranched alkanes of at least 4 members (excludes halogenated alkanes) is 21. The number of aliphatic hydroxyl groups excluding tert-OH is 2. The van der Waals surface area contributed by atoms with E-state index in [0.29, 0.717) is 19.3 Å². The number of hydrogen-bond acceptors (Lipinski definition) is 14. The van der Waals surface area contributed by atoms with E-state index in [0.717, 1.165) is 199 Å². The molecule has 5 atom stereocenters. The zero-order valence-electron chi connectivity index (χ0n) is 61.4. The number of allylic oxidation sites excluding steroid dienone is 26. The smallest absolute Gasteiger partial charge is 0.463 e. The van der Waals surface area contributed by atoms with E-state index in [-0.39, 0.29) is 19.3 Å². The van der Waals surface area contributed by atoms with Crippen molar-refractivity contribution < 1.29 is 75.8 Å². The van der Waals surface area contributed by atoms with Crippen molar-refractivity contribution in [2.24, 2.45) is 0 Å². The Kier molecular flexibility index (Phi) is 69.4. The van der Waals surface area contributed by atoms with Crippen molar-refractivity contribution in [3.63, 3.8) is 0 Å². The van der Waals surface area contributed by atoms with Crippen molar-refractivity contribution in [2.75, 3.05) is 39.6 Å². The number of aliphatic hydroxyl groups is 2. The van der Waals surface area contributed by atoms with Gasteiger partial charge in [-0.3, -0.25) is 32.5 Å². The molecule has 0 aliphatic carbocycles. The van der Waals surface area contributed by atoms with Gasteiger partial charge in [-0.05, 0) is 148 Å². The Morgan fingerprint density at radius 2 is 0.535 bits per heavy atom. The van der Waals surface area contributed by atoms with Crippen molar-refractivity contribution >= 4 is 33.6 Å². The highest BCUT2D eigenvalue weighted by Crippen LogP contribution is 2.45. The van der Waals surface area contributed by atoms with Crippen LogP contribution in [0.15, 0.2) is 158 Å². The molecule has 99 heavy (non-hydrogen) atoms. The van der Waals surface area contributed by atoms with Crippen LogP contribution in [0.3, 0.4) is 0 Å². The molecule has 0 aliphatic rings. The highest BCUT2D eigenvalue weighted by molar-refractivity contribution is 7.47. The van der Waals surface area contributed by atoms with Crippen LogP contribution >= 0.6 is 15.6 Å². The maximum Gasteiger partial charge on any atom is 0.472 e. The van der Waals surface area contributed by atoms with Crippen molar-refractivity contribution in [1.29, 1.82) is 0 Å². The molecule has 0 saturated heterocycles. The van der Waals surface area contributed by atoms with Gasteiger partial charge in [0.1, 0.15) is 25.4 Å². The fourth-order valence-corrected chi connectivity index (χ4v) is 11.1. The van der Waals surface area contributed by atoms with Crippen LogP contribution in [0.4, 0.5) is 0 Å². The van der Waals surface area contributed by atoms with Crippen molar-refractivity contribution in [3.8, 4) is 0 Å². The fraction of sp³-hybridized carbons (Fsp3) is 0.642. The third kappa shape index (κ3) is 74.2. The summed E-state index contributed by atoms with van der Waals surface area (Å²) >= 11 is 0. The van der Waals surface area contributed by atoms with E-state index in [1.54, 1.807) is 0 Å². The van der Waals surface area contributed by atoms with E-state index in [9.17, 15) is 43.5 Å². The van der Waals surface area contributed by atoms with Gasteiger partial charge in [-0.15, -0.1) is 0 Å². The lowest BCUT2D eigenvalue weighted by Gasteiger charge is -2.21. The molecule has 0 spiro atoms. The Morgan fingerprint density at radius 3 is 0.848 bits per heavy atom. The van der Waals surface area contributed by atoms with Gasteiger partial charge in [-0.25, -0.2) is 9.13 Å². The lowest BCUT2D eigenvalue weighted by atomic mass is 10.1. The first-order valence-corrected chi connectivity index (χ1v) is 40.8. The average Bonchev–Trinajstić information content (AvgIpc) is 2.90. The summed E-state index contributed by atoms with van der Waals surface area (Å²) < 4.78 is 61.1. The topological polar surface area (TPSA) is 231 Å². The molecule has 0 rings (SSSR count). The minimum absolute atomic E-state index is 0.0813. The molecule has 0 radical (unpaired) electrons. The molecule has 0 aromatic heterocycles. The van der Waals surface area contributed by atoms with Crippen molar-refractivity contribution in [1.82, 2.24) is 0 Å². The lowest BCUT2D eigenvalue weighted by Crippen LogP contribution is -2.30. The molecule has 5 unspecified atom stereocenters. The average molecular weight is 1430 g/mol. The summed E-state index contributed by atoms with van der Waals surface area (Å²) in [5.74, 6) is -1.63. The van der Waals surface area contributed by atoms with Crippen LogP contribution in [-0.4, -0.2) is 95.9 Å². The summed E-state index contributed by atoms with van der Waals surface area (Å²) in [5, 5.41) is 20.6. The van der Waals surface area contributed by atoms with Gasteiger partial charge < -0.3 is 34.2 Å². The Bertz CT molecular complexity index is 2430. The number of rotatable bonds is 70. The maximum atomic E-state index is 13.0. The number of carbonyl (C=O) groups is 3. The van der Waals surface area contributed by atoms with Crippen LogP contribution < -0.4 is 0 Å². The molecule has 18 heteroatoms. The molecule has 0 heterocycles. The van der Waals surface area contributed by atoms with E-state index in [1.807, 2.05) is 0 Å². The molecule has 4 N–H and O–H groups in total. The summed E-state index contributed by atoms with van der Waals surface area (Å²) in [4.78, 5) is 58.6. The van der Waals surface area contributed by atoms with Crippen LogP contribution in [-0.2, 0) is 55.8 Å². The van der Waals surface area contributed by atoms with Gasteiger partial charge in [0, 0.05) is 19.3 Å². The second kappa shape index (κ2) is 72.9. The standard InChI is InChI=1S/C81H134O16P2/c1-4-7-10-13-16-19-22-25-28-31-34-35-36-37-38-39-42-44-46-49-52-55-58-61-64-67-79(84)91-70-76(82)71-93-98(87,88)94-72-77(83)73-95-99(89,90)96-75-78(97-81(86)69-66-63-60-57-54-51-48-45-41-33-30-27-24-21-18-15-12-9-6-3)74-92-80(85)68-65-62-59-56-53-50-47-43-40-32-29-26-23-20-17-14-11-8-5-2/h7-8,10-11,16-21,25-30,34-35,37-38,40-45,76-78,82-83H,4-6,9,12-15,22-24,31-33,36,39,46-75H2,1-3H3,(H,87,88)(H,89,90)/b10-7-,11-8-,19-16-,20-17-,21-18-,28-25-,29-26-,30-27-,35-34-,38-37-,43-40-,44-42-,45-41-. The molecule has 0 aromatic rings. The predicted molar refractivity (Wildman–Crippen MR) is 408 cm³/mol. The molecule has 0 aromatic carbocycles. The molecular formula is C81H134O16P2. The molecule has 0 bridgehead atoms. The number of esters is 3. The first-order valence-electron chi connectivity index (χ1n) is 37.8. The van der Waals surface area contributed by atoms with E-state index in [4.69, 9.17) is 32.3 Å². The van der Waals surface area contributed by atoms with Gasteiger partial charge in [0.25, 0.3) is 0 Å². The monoisotopic (exact) mass is 1420 g/mol. The first-order chi connectivity index (χ1) is 48.2. The Morgan fingerprint density at radius 1 is 0.293 bits per heavy atom. The predicted octanol–water partition coefficient (Wildman–Crippen LogP) is 21.9. The normalized spacial score (nSPS) is 14.9. The first kappa shape index (κ1) is 94.2. The van der Waals surface area contributed by atoms with Crippen molar-refractivity contribution in [2.45, 2.75) is 296 Å². The second-order valence-electron chi connectivity index (χ2n) is 24.7. The zero-order chi connectivity index (χ0) is 72.3. The quantitative estimate of drug-likeness (QED) is 0.0146. The van der Waals surface area contributed by atoms with Crippen LogP contribution in [0, 0.1) is 0 Å². The second-order valence-corrected chi connectivity index (χ2v) is 27.6. The van der Waals surface area contributed by atoms with Gasteiger partial charge in [0.05, 0.1) is 26.4 Å². The molecule has 564 valence electrons. The minimum Gasteiger partial charge on any atom is -0.463 e. The van der Waals surface area contributed by atoms with Gasteiger partial charge in [-0.2, -0.15) is 0 Å². The molecule has 0 fully saturated rings. The largest absolute Gasteiger partial charge is 0.472 e. The number of carbonyl (C=O) groups excluding carboxylic acids is 3. The van der Waals surface area contributed by atoms with E-state index in [2.05, 4.69) is 179 Å². The van der Waals surface area contributed by atoms with E-state index < -0.39 is 91.5 Å². The number of phosphoric acid groups is 2. The van der Waals surface area contributed by atoms with Crippen molar-refractivity contribution in [3.05, 3.63) is 158 Å². The molecule has 0 aliphatic heterocycles. The van der Waals surface area contributed by atoms with Gasteiger partial charge in [0.2, 0.25) is 0 Å². The summed E-state index contributed by atoms with van der Waals surface area (Å²) in [6, 6.07) is 0. The molecular weight excluding hydrogens is 1290 g/mol. The van der Waals surface area contributed by atoms with Gasteiger partial charge in [-0.1, -0.05) is 269 Å². The van der Waals surface area contributed by atoms with Gasteiger partial charge in [0.15, 0.2) is 6.10 Å². The minimum atomic E-state index is -4.94. The van der Waals surface area contributed by atoms with Gasteiger partial charge >= 0.3 is 33.6 Å². The lowest BCUT2D eigenvalue weighted by molar-refractivity contribution is -0.161. The Hall–Kier alpha value is -4.83. The highest BCUT2D eigenvalue weighted by atomic mass is 31.2. The molecule has 16 nitrogen and oxygen atoms in total. The summed E-state index contributed by atoms with van der Waals surface area (Å²) in [7, 11) is -9.81. The van der Waals surface area contributed by atoms with E-state index >= 15 is 0 Å². The zero-order valence-corrected chi connectivity index (χ0v) is 63.1. The number of phosphoric ester groups is 2. The van der Waals surface area contributed by atoms with Crippen LogP contribution in [0.5, 0.6) is 0 Å². The summed E-state index contributed by atoms with van der Waals surface area (Å²) in [6.07, 6.45) is 89.9. The Balaban J connectivity index is 4.70. The summed E-state index contributed by atoms with van der Waals surface area (Å²) in [6.45, 7) is 2.36. The maximum absolute atomic E-state index is 13.0. The third-order valence-corrected chi connectivity index (χ3v) is 17.1. The third-order valence-electron chi connectivity index (χ3n) is 15.2. The van der Waals surface area contributed by atoms with Crippen LogP contribution in [0.25, 0.3) is 0 Å². The fourth-order valence-electron chi connectivity index (χ4n) is 9.51. The van der Waals surface area contributed by atoms with Crippen LogP contribution in [0.2, 0.25) is 0 Å². The molecule has 0 amide bonds. The van der Waals surface area contributed by atoms with E-state index in [1.165, 1.54) is 19.3 Å². The Labute approximate surface area is 600 Å². The highest BCUT2D eigenvalue weighted by Gasteiger charge is 2.29.